The van der Waals surface area contributed by atoms with Crippen molar-refractivity contribution in [2.45, 2.75) is 0 Å². The summed E-state index contributed by atoms with van der Waals surface area (Å²) < 4.78 is 20.3. The number of imide groups is 1. The number of esters is 2. The predicted octanol–water partition coefficient (Wildman–Crippen LogP) is 3.13. The summed E-state index contributed by atoms with van der Waals surface area (Å²) in [6.07, 6.45) is 1.49. The van der Waals surface area contributed by atoms with Gasteiger partial charge in [-0.25, -0.2) is 4.79 Å². The molecule has 1 fully saturated rings. The van der Waals surface area contributed by atoms with Crippen molar-refractivity contribution in [3.8, 4) is 17.2 Å². The van der Waals surface area contributed by atoms with Crippen LogP contribution in [0.4, 0.5) is 4.79 Å². The van der Waals surface area contributed by atoms with E-state index in [1.165, 1.54) is 33.5 Å². The minimum atomic E-state index is -0.696. The van der Waals surface area contributed by atoms with Crippen molar-refractivity contribution < 1.29 is 38.1 Å². The summed E-state index contributed by atoms with van der Waals surface area (Å²) in [5, 5.41) is -0.566. The average Bonchev–Trinajstić information content (AvgIpc) is 3.07. The molecule has 32 heavy (non-hydrogen) atoms. The van der Waals surface area contributed by atoms with E-state index >= 15 is 0 Å². The van der Waals surface area contributed by atoms with E-state index in [-0.39, 0.29) is 16.4 Å². The average molecular weight is 457 g/mol. The van der Waals surface area contributed by atoms with Crippen molar-refractivity contribution >= 4 is 40.9 Å². The molecule has 9 nitrogen and oxygen atoms in total. The first-order valence-electron chi connectivity index (χ1n) is 9.22. The zero-order valence-corrected chi connectivity index (χ0v) is 18.3. The van der Waals surface area contributed by atoms with Gasteiger partial charge in [0.15, 0.2) is 11.5 Å². The lowest BCUT2D eigenvalue weighted by molar-refractivity contribution is -0.143. The van der Waals surface area contributed by atoms with E-state index in [1.54, 1.807) is 36.4 Å². The van der Waals surface area contributed by atoms with Gasteiger partial charge >= 0.3 is 11.9 Å². The molecule has 166 valence electrons. The number of carbonyl (C=O) groups excluding carboxylic acids is 4. The molecule has 0 spiro atoms. The topological polar surface area (TPSA) is 108 Å². The normalized spacial score (nSPS) is 14.5. The van der Waals surface area contributed by atoms with Crippen LogP contribution in [0.3, 0.4) is 0 Å². The maximum absolute atomic E-state index is 12.4. The largest absolute Gasteiger partial charge is 0.497 e. The number of amides is 2. The van der Waals surface area contributed by atoms with Gasteiger partial charge in [-0.05, 0) is 59.8 Å². The molecule has 1 aliphatic heterocycles. The molecule has 2 aromatic carbocycles. The van der Waals surface area contributed by atoms with Crippen LogP contribution in [0.2, 0.25) is 0 Å². The molecule has 0 radical (unpaired) electrons. The third kappa shape index (κ3) is 5.09. The summed E-state index contributed by atoms with van der Waals surface area (Å²) in [6, 6.07) is 11.1. The number of thioether (sulfide) groups is 1. The highest BCUT2D eigenvalue weighted by molar-refractivity contribution is 8.18. The highest BCUT2D eigenvalue weighted by atomic mass is 32.2. The summed E-state index contributed by atoms with van der Waals surface area (Å²) >= 11 is 0.712. The zero-order valence-electron chi connectivity index (χ0n) is 17.4. The number of ether oxygens (including phenoxy) is 4. The van der Waals surface area contributed by atoms with Gasteiger partial charge in [-0.1, -0.05) is 6.07 Å². The van der Waals surface area contributed by atoms with Crippen LogP contribution in [0.25, 0.3) is 6.08 Å². The molecule has 3 rings (SSSR count). The van der Waals surface area contributed by atoms with E-state index in [9.17, 15) is 19.2 Å². The molecule has 2 amide bonds. The minimum absolute atomic E-state index is 0.143. The molecular formula is C22H19NO8S. The fourth-order valence-corrected chi connectivity index (χ4v) is 3.56. The molecule has 1 aliphatic rings. The SMILES string of the molecule is COC(=O)CN1C(=O)S/C(=C\c2ccc(OC(=O)c3ccc(OC)cc3)c(OC)c2)C1=O. The van der Waals surface area contributed by atoms with Gasteiger partial charge in [-0.3, -0.25) is 19.3 Å². The van der Waals surface area contributed by atoms with E-state index in [2.05, 4.69) is 4.74 Å². The quantitative estimate of drug-likeness (QED) is 0.352. The third-order valence-electron chi connectivity index (χ3n) is 4.40. The summed E-state index contributed by atoms with van der Waals surface area (Å²) in [4.78, 5) is 49.3. The lowest BCUT2D eigenvalue weighted by atomic mass is 10.1. The first-order valence-corrected chi connectivity index (χ1v) is 10.0. The van der Waals surface area contributed by atoms with E-state index in [0.717, 1.165) is 4.90 Å². The number of benzene rings is 2. The Morgan fingerprint density at radius 3 is 2.31 bits per heavy atom. The Bertz CT molecular complexity index is 1090. The first kappa shape index (κ1) is 22.9. The Kier molecular flexibility index (Phi) is 7.16. The second-order valence-corrected chi connectivity index (χ2v) is 7.37. The number of hydrogen-bond acceptors (Lipinski definition) is 9. The van der Waals surface area contributed by atoms with Crippen molar-refractivity contribution in [3.05, 3.63) is 58.5 Å². The Labute approximate surface area is 187 Å². The van der Waals surface area contributed by atoms with Crippen LogP contribution in [-0.4, -0.2) is 55.9 Å². The number of rotatable bonds is 7. The Hall–Kier alpha value is -3.79. The molecule has 1 saturated heterocycles. The van der Waals surface area contributed by atoms with Crippen molar-refractivity contribution in [1.82, 2.24) is 4.90 Å². The van der Waals surface area contributed by atoms with Crippen LogP contribution in [0.1, 0.15) is 15.9 Å². The van der Waals surface area contributed by atoms with Gasteiger partial charge in [-0.2, -0.15) is 0 Å². The van der Waals surface area contributed by atoms with Crippen molar-refractivity contribution in [1.29, 1.82) is 0 Å². The molecule has 0 atom stereocenters. The lowest BCUT2D eigenvalue weighted by Gasteiger charge is -2.11. The number of methoxy groups -OCH3 is 3. The molecule has 0 N–H and O–H groups in total. The van der Waals surface area contributed by atoms with Crippen LogP contribution in [-0.2, 0) is 14.3 Å². The van der Waals surface area contributed by atoms with Crippen molar-refractivity contribution in [2.75, 3.05) is 27.9 Å². The second kappa shape index (κ2) is 10.0. The van der Waals surface area contributed by atoms with Crippen LogP contribution in [0.15, 0.2) is 47.4 Å². The van der Waals surface area contributed by atoms with Gasteiger partial charge < -0.3 is 18.9 Å². The maximum Gasteiger partial charge on any atom is 0.343 e. The zero-order chi connectivity index (χ0) is 23.3. The van der Waals surface area contributed by atoms with Gasteiger partial charge in [0.05, 0.1) is 31.8 Å². The molecule has 0 aliphatic carbocycles. The van der Waals surface area contributed by atoms with Gasteiger partial charge in [0.2, 0.25) is 0 Å². The van der Waals surface area contributed by atoms with E-state index in [0.29, 0.717) is 28.6 Å². The van der Waals surface area contributed by atoms with Crippen molar-refractivity contribution in [2.24, 2.45) is 0 Å². The smallest absolute Gasteiger partial charge is 0.343 e. The molecular weight excluding hydrogens is 438 g/mol. The van der Waals surface area contributed by atoms with Crippen LogP contribution in [0.5, 0.6) is 17.2 Å². The Balaban J connectivity index is 1.77. The molecule has 1 heterocycles. The fourth-order valence-electron chi connectivity index (χ4n) is 2.73. The summed E-state index contributed by atoms with van der Waals surface area (Å²) in [6.45, 7) is -0.456. The summed E-state index contributed by atoms with van der Waals surface area (Å²) in [5.41, 5.74) is 0.867. The van der Waals surface area contributed by atoms with Gasteiger partial charge in [0.1, 0.15) is 12.3 Å². The number of nitrogens with zero attached hydrogens (tertiary/aromatic N) is 1. The van der Waals surface area contributed by atoms with E-state index < -0.39 is 29.6 Å². The van der Waals surface area contributed by atoms with Gasteiger partial charge in [0.25, 0.3) is 11.1 Å². The highest BCUT2D eigenvalue weighted by Crippen LogP contribution is 2.34. The Morgan fingerprint density at radius 1 is 0.969 bits per heavy atom. The van der Waals surface area contributed by atoms with Crippen LogP contribution in [0, 0.1) is 0 Å². The fraction of sp³-hybridized carbons (Fsp3) is 0.182. The molecule has 0 bridgehead atoms. The molecule has 0 aromatic heterocycles. The van der Waals surface area contributed by atoms with E-state index in [1.807, 2.05) is 0 Å². The van der Waals surface area contributed by atoms with Crippen molar-refractivity contribution in [3.63, 3.8) is 0 Å². The predicted molar refractivity (Wildman–Crippen MR) is 116 cm³/mol. The van der Waals surface area contributed by atoms with Gasteiger partial charge in [-0.15, -0.1) is 0 Å². The first-order chi connectivity index (χ1) is 15.4. The second-order valence-electron chi connectivity index (χ2n) is 6.37. The molecule has 2 aromatic rings. The van der Waals surface area contributed by atoms with Crippen LogP contribution < -0.4 is 14.2 Å². The number of carbonyl (C=O) groups is 4. The summed E-state index contributed by atoms with van der Waals surface area (Å²) in [5.74, 6) is -0.821. The monoisotopic (exact) mass is 457 g/mol. The Morgan fingerprint density at radius 2 is 1.69 bits per heavy atom. The third-order valence-corrected chi connectivity index (χ3v) is 5.31. The molecule has 10 heteroatoms. The minimum Gasteiger partial charge on any atom is -0.497 e. The summed E-state index contributed by atoms with van der Waals surface area (Å²) in [7, 11) is 4.11. The molecule has 0 saturated carbocycles. The number of hydrogen-bond donors (Lipinski definition) is 0. The van der Waals surface area contributed by atoms with E-state index in [4.69, 9.17) is 14.2 Å². The van der Waals surface area contributed by atoms with Crippen LogP contribution >= 0.6 is 11.8 Å². The van der Waals surface area contributed by atoms with Gasteiger partial charge in [0, 0.05) is 0 Å². The standard InChI is InChI=1S/C22H19NO8S/c1-28-15-7-5-14(6-8-15)21(26)31-16-9-4-13(10-17(16)29-2)11-18-20(25)23(22(27)32-18)12-19(24)30-3/h4-11H,12H2,1-3H3/b18-11-. The molecule has 0 unspecified atom stereocenters. The maximum atomic E-state index is 12.4. The lowest BCUT2D eigenvalue weighted by Crippen LogP contribution is -2.34. The highest BCUT2D eigenvalue weighted by Gasteiger charge is 2.36.